The van der Waals surface area contributed by atoms with Crippen LogP contribution in [-0.2, 0) is 21.3 Å². The number of benzene rings is 2. The first-order chi connectivity index (χ1) is 17.5. The summed E-state index contributed by atoms with van der Waals surface area (Å²) in [6, 6.07) is 6.54. The molecule has 14 heteroatoms. The Labute approximate surface area is 222 Å². The molecule has 2 heterocycles. The van der Waals surface area contributed by atoms with Crippen LogP contribution in [0.4, 0.5) is 11.4 Å². The molecule has 4 rings (SSSR count). The lowest BCUT2D eigenvalue weighted by molar-refractivity contribution is 0.330. The van der Waals surface area contributed by atoms with E-state index in [2.05, 4.69) is 10.1 Å². The quantitative estimate of drug-likeness (QED) is 0.279. The topological polar surface area (TPSA) is 118 Å². The summed E-state index contributed by atoms with van der Waals surface area (Å²) in [5, 5.41) is 4.73. The van der Waals surface area contributed by atoms with E-state index in [0.29, 0.717) is 22.3 Å². The van der Waals surface area contributed by atoms with Gasteiger partial charge in [0.2, 0.25) is 0 Å². The van der Waals surface area contributed by atoms with Gasteiger partial charge in [0.1, 0.15) is 27.9 Å². The van der Waals surface area contributed by atoms with Gasteiger partial charge in [-0.1, -0.05) is 23.2 Å². The van der Waals surface area contributed by atoms with Gasteiger partial charge in [-0.15, -0.1) is 0 Å². The number of aryl methyl sites for hydroxylation is 1. The van der Waals surface area contributed by atoms with Crippen LogP contribution in [0, 0.1) is 0 Å². The van der Waals surface area contributed by atoms with Crippen molar-refractivity contribution in [3.8, 4) is 17.2 Å². The summed E-state index contributed by atoms with van der Waals surface area (Å²) < 4.78 is 42.0. The molecule has 0 spiro atoms. The average molecular weight is 568 g/mol. The molecule has 0 N–H and O–H groups in total. The number of nitrogens with zero attached hydrogens (tertiary/aromatic N) is 5. The van der Waals surface area contributed by atoms with Crippen LogP contribution < -0.4 is 19.9 Å². The smallest absolute Gasteiger partial charge is 0.265 e. The Bertz CT molecular complexity index is 1610. The first-order valence-corrected chi connectivity index (χ1v) is 13.3. The van der Waals surface area contributed by atoms with E-state index in [9.17, 15) is 13.2 Å². The minimum atomic E-state index is -3.72. The Balaban J connectivity index is 1.91. The normalized spacial score (nSPS) is 11.6. The highest BCUT2D eigenvalue weighted by molar-refractivity contribution is 7.85. The molecule has 2 aromatic heterocycles. The Morgan fingerprint density at radius 3 is 2.32 bits per heavy atom. The van der Waals surface area contributed by atoms with Gasteiger partial charge in [0.15, 0.2) is 0 Å². The third-order valence-electron chi connectivity index (χ3n) is 5.46. The van der Waals surface area contributed by atoms with Crippen LogP contribution in [0.1, 0.15) is 0 Å². The third kappa shape index (κ3) is 5.52. The number of ether oxygens (including phenoxy) is 2. The number of hydrogen-bond acceptors (Lipinski definition) is 9. The summed E-state index contributed by atoms with van der Waals surface area (Å²) in [6.45, 7) is -0.221. The van der Waals surface area contributed by atoms with Gasteiger partial charge < -0.3 is 14.4 Å². The summed E-state index contributed by atoms with van der Waals surface area (Å²) in [7, 11) is 0.910. The number of halogens is 2. The fourth-order valence-corrected chi connectivity index (χ4v) is 4.84. The molecule has 0 bridgehead atoms. The molecule has 0 radical (unpaired) electrons. The molecule has 0 fully saturated rings. The zero-order valence-electron chi connectivity index (χ0n) is 20.3. The molecule has 37 heavy (non-hydrogen) atoms. The molecule has 0 aliphatic rings. The average Bonchev–Trinajstić information content (AvgIpc) is 3.28. The van der Waals surface area contributed by atoms with Crippen molar-refractivity contribution >= 4 is 55.6 Å². The van der Waals surface area contributed by atoms with Crippen LogP contribution in [0.3, 0.4) is 0 Å². The molecule has 11 nitrogen and oxygen atoms in total. The second-order valence-corrected chi connectivity index (χ2v) is 10.3. The monoisotopic (exact) mass is 567 g/mol. The van der Waals surface area contributed by atoms with E-state index >= 15 is 0 Å². The molecule has 0 atom stereocenters. The second kappa shape index (κ2) is 10.6. The zero-order valence-corrected chi connectivity index (χ0v) is 22.6. The fraction of sp³-hybridized carbons (Fsp3) is 0.261. The Hall–Kier alpha value is -3.32. The molecule has 196 valence electrons. The van der Waals surface area contributed by atoms with Gasteiger partial charge in [-0.25, -0.2) is 4.98 Å². The maximum absolute atomic E-state index is 13.4. The van der Waals surface area contributed by atoms with Gasteiger partial charge >= 0.3 is 0 Å². The molecular weight excluding hydrogens is 545 g/mol. The number of fused-ring (bicyclic) bond motifs is 1. The van der Waals surface area contributed by atoms with Crippen molar-refractivity contribution in [1.29, 1.82) is 0 Å². The van der Waals surface area contributed by atoms with Crippen molar-refractivity contribution in [2.75, 3.05) is 38.5 Å². The lowest BCUT2D eigenvalue weighted by atomic mass is 10.1. The Morgan fingerprint density at radius 2 is 1.76 bits per heavy atom. The van der Waals surface area contributed by atoms with Gasteiger partial charge in [-0.3, -0.25) is 18.2 Å². The van der Waals surface area contributed by atoms with E-state index in [-0.39, 0.29) is 45.9 Å². The van der Waals surface area contributed by atoms with E-state index in [4.69, 9.17) is 36.9 Å². The molecule has 0 saturated heterocycles. The van der Waals surface area contributed by atoms with Crippen molar-refractivity contribution in [3.63, 3.8) is 0 Å². The van der Waals surface area contributed by atoms with E-state index in [1.54, 1.807) is 47.2 Å². The van der Waals surface area contributed by atoms with Crippen LogP contribution in [0.25, 0.3) is 16.6 Å². The summed E-state index contributed by atoms with van der Waals surface area (Å²) in [5.74, 6) is 0.571. The van der Waals surface area contributed by atoms with Crippen LogP contribution in [-0.4, -0.2) is 61.4 Å². The Morgan fingerprint density at radius 1 is 1.08 bits per heavy atom. The van der Waals surface area contributed by atoms with E-state index in [0.717, 1.165) is 6.26 Å². The van der Waals surface area contributed by atoms with Crippen molar-refractivity contribution in [3.05, 3.63) is 63.4 Å². The van der Waals surface area contributed by atoms with Gasteiger partial charge in [0.25, 0.3) is 15.7 Å². The minimum Gasteiger partial charge on any atom is -0.495 e. The summed E-state index contributed by atoms with van der Waals surface area (Å²) >= 11 is 13.3. The lowest BCUT2D eigenvalue weighted by Crippen LogP contribution is -2.25. The standard InChI is InChI=1S/C23H23Cl2N5O6S/c1-28-12-15(11-27-28)30-13-26-17-6-5-14(9-16(17)23(30)31)29(7-8-36-37(4,32)33)22-20(24)18(34-2)10-19(35-3)21(22)25/h5-6,9-13H,7-8H2,1-4H3. The number of hydrogen-bond donors (Lipinski definition) is 0. The highest BCUT2D eigenvalue weighted by Gasteiger charge is 2.24. The molecule has 0 aliphatic carbocycles. The van der Waals surface area contributed by atoms with Crippen LogP contribution in [0.5, 0.6) is 11.5 Å². The summed E-state index contributed by atoms with van der Waals surface area (Å²) in [4.78, 5) is 19.4. The van der Waals surface area contributed by atoms with Crippen molar-refractivity contribution < 1.29 is 22.1 Å². The Kier molecular flexibility index (Phi) is 7.64. The molecule has 0 saturated carbocycles. The SMILES string of the molecule is COc1cc(OC)c(Cl)c(N(CCOS(C)(=O)=O)c2ccc3ncn(-c4cnn(C)c4)c(=O)c3c2)c1Cl. The predicted molar refractivity (Wildman–Crippen MR) is 141 cm³/mol. The van der Waals surface area contributed by atoms with Crippen LogP contribution in [0.15, 0.2) is 47.8 Å². The van der Waals surface area contributed by atoms with Gasteiger partial charge in [-0.2, -0.15) is 13.5 Å². The molecule has 0 amide bonds. The third-order valence-corrected chi connectivity index (χ3v) is 6.78. The van der Waals surface area contributed by atoms with Gasteiger partial charge in [0, 0.05) is 31.5 Å². The summed E-state index contributed by atoms with van der Waals surface area (Å²) in [5.41, 5.74) is 1.45. The highest BCUT2D eigenvalue weighted by atomic mass is 35.5. The molecule has 4 aromatic rings. The molecule has 0 unspecified atom stereocenters. The van der Waals surface area contributed by atoms with E-state index < -0.39 is 10.1 Å². The maximum atomic E-state index is 13.4. The second-order valence-electron chi connectivity index (χ2n) is 7.93. The zero-order chi connectivity index (χ0) is 26.9. The first kappa shape index (κ1) is 26.7. The molecular formula is C23H23Cl2N5O6S. The number of methoxy groups -OCH3 is 2. The highest BCUT2D eigenvalue weighted by Crippen LogP contribution is 2.48. The van der Waals surface area contributed by atoms with Crippen molar-refractivity contribution in [1.82, 2.24) is 19.3 Å². The number of anilines is 2. The maximum Gasteiger partial charge on any atom is 0.265 e. The van der Waals surface area contributed by atoms with Crippen molar-refractivity contribution in [2.45, 2.75) is 0 Å². The number of rotatable bonds is 9. The van der Waals surface area contributed by atoms with Gasteiger partial charge in [0.05, 0.1) is 55.6 Å². The van der Waals surface area contributed by atoms with E-state index in [1.807, 2.05) is 0 Å². The van der Waals surface area contributed by atoms with Crippen LogP contribution in [0.2, 0.25) is 10.0 Å². The largest absolute Gasteiger partial charge is 0.495 e. The first-order valence-electron chi connectivity index (χ1n) is 10.8. The van der Waals surface area contributed by atoms with Gasteiger partial charge in [-0.05, 0) is 18.2 Å². The minimum absolute atomic E-state index is 0.00535. The predicted octanol–water partition coefficient (Wildman–Crippen LogP) is 3.56. The lowest BCUT2D eigenvalue weighted by Gasteiger charge is -2.28. The molecule has 2 aromatic carbocycles. The summed E-state index contributed by atoms with van der Waals surface area (Å²) in [6.07, 6.45) is 5.62. The number of aromatic nitrogens is 4. The molecule has 0 aliphatic heterocycles. The fourth-order valence-electron chi connectivity index (χ4n) is 3.75. The van der Waals surface area contributed by atoms with E-state index in [1.165, 1.54) is 31.2 Å². The van der Waals surface area contributed by atoms with Crippen LogP contribution >= 0.6 is 23.2 Å². The van der Waals surface area contributed by atoms with Crippen molar-refractivity contribution in [2.24, 2.45) is 7.05 Å².